The first kappa shape index (κ1) is 8.96. The minimum Gasteiger partial charge on any atom is -0.126 e. The third-order valence-corrected chi connectivity index (χ3v) is 3.46. The van der Waals surface area contributed by atoms with Crippen LogP contribution in [0, 0.1) is 5.92 Å². The Morgan fingerprint density at radius 3 is 2.40 bits per heavy atom. The lowest BCUT2D eigenvalue weighted by molar-refractivity contribution is 0.365. The lowest BCUT2D eigenvalue weighted by Crippen LogP contribution is -2.30. The molecule has 1 fully saturated rings. The van der Waals surface area contributed by atoms with Gasteiger partial charge in [0.15, 0.2) is 0 Å². The Hall–Kier alpha value is 0.870. The SMILES string of the molecule is ClCC1CCCCC1(Cl)Cl. The molecule has 3 heteroatoms. The van der Waals surface area contributed by atoms with E-state index in [9.17, 15) is 0 Å². The summed E-state index contributed by atoms with van der Waals surface area (Å²) in [6, 6.07) is 0. The molecule has 0 aromatic rings. The van der Waals surface area contributed by atoms with Gasteiger partial charge in [-0.2, -0.15) is 0 Å². The lowest BCUT2D eigenvalue weighted by Gasteiger charge is -2.32. The smallest absolute Gasteiger partial charge is 0.122 e. The summed E-state index contributed by atoms with van der Waals surface area (Å²) >= 11 is 17.7. The van der Waals surface area contributed by atoms with Crippen molar-refractivity contribution >= 4 is 34.8 Å². The summed E-state index contributed by atoms with van der Waals surface area (Å²) in [5.41, 5.74) is 0. The van der Waals surface area contributed by atoms with Crippen molar-refractivity contribution < 1.29 is 0 Å². The van der Waals surface area contributed by atoms with Crippen LogP contribution in [0.1, 0.15) is 25.7 Å². The minimum absolute atomic E-state index is 0.297. The molecule has 0 nitrogen and oxygen atoms in total. The molecule has 1 aliphatic rings. The zero-order valence-corrected chi connectivity index (χ0v) is 8.01. The van der Waals surface area contributed by atoms with Crippen molar-refractivity contribution in [2.75, 3.05) is 5.88 Å². The van der Waals surface area contributed by atoms with Gasteiger partial charge < -0.3 is 0 Å². The summed E-state index contributed by atoms with van der Waals surface area (Å²) in [5, 5.41) is 0. The molecule has 10 heavy (non-hydrogen) atoms. The highest BCUT2D eigenvalue weighted by atomic mass is 35.5. The van der Waals surface area contributed by atoms with E-state index in [1.165, 1.54) is 6.42 Å². The maximum absolute atomic E-state index is 6.02. The van der Waals surface area contributed by atoms with Crippen molar-refractivity contribution in [1.82, 2.24) is 0 Å². The number of alkyl halides is 3. The van der Waals surface area contributed by atoms with Gasteiger partial charge in [-0.1, -0.05) is 12.8 Å². The van der Waals surface area contributed by atoms with Gasteiger partial charge in [-0.15, -0.1) is 34.8 Å². The summed E-state index contributed by atoms with van der Waals surface area (Å²) < 4.78 is -0.542. The maximum Gasteiger partial charge on any atom is 0.122 e. The van der Waals surface area contributed by atoms with Crippen molar-refractivity contribution in [2.45, 2.75) is 30.0 Å². The first-order chi connectivity index (χ1) is 4.67. The highest BCUT2D eigenvalue weighted by molar-refractivity contribution is 6.48. The Kier molecular flexibility index (Phi) is 3.15. The second-order valence-corrected chi connectivity index (χ2v) is 4.71. The minimum atomic E-state index is -0.542. The fourth-order valence-corrected chi connectivity index (χ4v) is 2.57. The van der Waals surface area contributed by atoms with Crippen LogP contribution in [-0.2, 0) is 0 Å². The zero-order valence-electron chi connectivity index (χ0n) is 5.75. The van der Waals surface area contributed by atoms with Crippen molar-refractivity contribution in [3.63, 3.8) is 0 Å². The lowest BCUT2D eigenvalue weighted by atomic mass is 9.90. The first-order valence-electron chi connectivity index (χ1n) is 3.60. The summed E-state index contributed by atoms with van der Waals surface area (Å²) in [5.74, 6) is 0.888. The third kappa shape index (κ3) is 1.93. The molecule has 0 aromatic heterocycles. The fourth-order valence-electron chi connectivity index (χ4n) is 1.36. The topological polar surface area (TPSA) is 0 Å². The van der Waals surface area contributed by atoms with E-state index in [2.05, 4.69) is 0 Å². The molecule has 1 atom stereocenters. The van der Waals surface area contributed by atoms with E-state index >= 15 is 0 Å². The van der Waals surface area contributed by atoms with Crippen LogP contribution in [0.3, 0.4) is 0 Å². The fraction of sp³-hybridized carbons (Fsp3) is 1.00. The van der Waals surface area contributed by atoms with Crippen LogP contribution < -0.4 is 0 Å². The maximum atomic E-state index is 6.02. The van der Waals surface area contributed by atoms with Crippen LogP contribution >= 0.6 is 34.8 Å². The zero-order chi connectivity index (χ0) is 7.61. The van der Waals surface area contributed by atoms with E-state index in [1.54, 1.807) is 0 Å². The van der Waals surface area contributed by atoms with Crippen molar-refractivity contribution in [3.8, 4) is 0 Å². The van der Waals surface area contributed by atoms with Crippen molar-refractivity contribution in [1.29, 1.82) is 0 Å². The molecule has 0 radical (unpaired) electrons. The number of hydrogen-bond acceptors (Lipinski definition) is 0. The highest BCUT2D eigenvalue weighted by Gasteiger charge is 2.36. The van der Waals surface area contributed by atoms with E-state index in [-0.39, 0.29) is 0 Å². The Labute approximate surface area is 76.8 Å². The number of hydrogen-bond donors (Lipinski definition) is 0. The largest absolute Gasteiger partial charge is 0.126 e. The van der Waals surface area contributed by atoms with Gasteiger partial charge in [0.25, 0.3) is 0 Å². The summed E-state index contributed by atoms with van der Waals surface area (Å²) in [6.07, 6.45) is 4.34. The standard InChI is InChI=1S/C7H11Cl3/c8-5-6-3-1-2-4-7(6,9)10/h6H,1-5H2. The molecule has 60 valence electrons. The van der Waals surface area contributed by atoms with Crippen molar-refractivity contribution in [3.05, 3.63) is 0 Å². The van der Waals surface area contributed by atoms with Crippen LogP contribution in [0.5, 0.6) is 0 Å². The van der Waals surface area contributed by atoms with Crippen LogP contribution in [0.15, 0.2) is 0 Å². The summed E-state index contributed by atoms with van der Waals surface area (Å²) in [6.45, 7) is 0. The second kappa shape index (κ2) is 3.51. The van der Waals surface area contributed by atoms with Crippen molar-refractivity contribution in [2.24, 2.45) is 5.92 Å². The molecule has 0 N–H and O–H groups in total. The Balaban J connectivity index is 2.51. The normalized spacial score (nSPS) is 32.1. The van der Waals surface area contributed by atoms with Crippen LogP contribution in [0.25, 0.3) is 0 Å². The quantitative estimate of drug-likeness (QED) is 0.569. The van der Waals surface area contributed by atoms with Crippen LogP contribution in [0.4, 0.5) is 0 Å². The predicted molar refractivity (Wildman–Crippen MR) is 47.1 cm³/mol. The third-order valence-electron chi connectivity index (χ3n) is 2.10. The molecule has 0 aliphatic heterocycles. The van der Waals surface area contributed by atoms with Gasteiger partial charge >= 0.3 is 0 Å². The summed E-state index contributed by atoms with van der Waals surface area (Å²) in [7, 11) is 0. The van der Waals surface area contributed by atoms with Gasteiger partial charge in [0.2, 0.25) is 0 Å². The molecule has 1 rings (SSSR count). The molecule has 0 aromatic carbocycles. The number of halogens is 3. The van der Waals surface area contributed by atoms with E-state index in [4.69, 9.17) is 34.8 Å². The average Bonchev–Trinajstić information content (AvgIpc) is 1.87. The molecule has 0 bridgehead atoms. The van der Waals surface area contributed by atoms with E-state index in [1.807, 2.05) is 0 Å². The number of rotatable bonds is 1. The Morgan fingerprint density at radius 1 is 1.30 bits per heavy atom. The van der Waals surface area contributed by atoms with Gasteiger partial charge in [0, 0.05) is 11.8 Å². The van der Waals surface area contributed by atoms with Gasteiger partial charge in [0.1, 0.15) is 4.33 Å². The first-order valence-corrected chi connectivity index (χ1v) is 4.89. The van der Waals surface area contributed by atoms with Gasteiger partial charge in [-0.25, -0.2) is 0 Å². The molecule has 0 spiro atoms. The van der Waals surface area contributed by atoms with Gasteiger partial charge in [-0.05, 0) is 12.8 Å². The second-order valence-electron chi connectivity index (χ2n) is 2.86. The Bertz CT molecular complexity index is 111. The monoisotopic (exact) mass is 200 g/mol. The van der Waals surface area contributed by atoms with Crippen LogP contribution in [-0.4, -0.2) is 10.2 Å². The molecule has 1 unspecified atom stereocenters. The highest BCUT2D eigenvalue weighted by Crippen LogP contribution is 2.42. The molecule has 1 aliphatic carbocycles. The van der Waals surface area contributed by atoms with E-state index in [0.29, 0.717) is 11.8 Å². The molecule has 0 saturated heterocycles. The molecule has 0 amide bonds. The summed E-state index contributed by atoms with van der Waals surface area (Å²) in [4.78, 5) is 0. The van der Waals surface area contributed by atoms with E-state index < -0.39 is 4.33 Å². The van der Waals surface area contributed by atoms with Gasteiger partial charge in [0.05, 0.1) is 0 Å². The molecule has 0 heterocycles. The Morgan fingerprint density at radius 2 is 2.00 bits per heavy atom. The van der Waals surface area contributed by atoms with Crippen LogP contribution in [0.2, 0.25) is 0 Å². The van der Waals surface area contributed by atoms with E-state index in [0.717, 1.165) is 19.3 Å². The molecule has 1 saturated carbocycles. The molecular formula is C7H11Cl3. The average molecular weight is 202 g/mol. The van der Waals surface area contributed by atoms with Gasteiger partial charge in [-0.3, -0.25) is 0 Å². The predicted octanol–water partition coefficient (Wildman–Crippen LogP) is 3.59. The molecular weight excluding hydrogens is 190 g/mol.